The number of halogens is 3. The minimum absolute atomic E-state index is 0.0504. The lowest BCUT2D eigenvalue weighted by Crippen LogP contribution is -2.37. The van der Waals surface area contributed by atoms with Crippen molar-refractivity contribution in [3.63, 3.8) is 0 Å². The summed E-state index contributed by atoms with van der Waals surface area (Å²) in [5, 5.41) is 5.95. The summed E-state index contributed by atoms with van der Waals surface area (Å²) in [7, 11) is 0. The maximum absolute atomic E-state index is 12.6. The maximum Gasteiger partial charge on any atom is 0.422 e. The van der Waals surface area contributed by atoms with E-state index in [4.69, 9.17) is 0 Å². The number of amides is 1. The van der Waals surface area contributed by atoms with Gasteiger partial charge in [0.2, 0.25) is 5.95 Å². The van der Waals surface area contributed by atoms with E-state index in [1.54, 1.807) is 24.3 Å². The average Bonchev–Trinajstić information content (AvgIpc) is 3.33. The fourth-order valence-corrected chi connectivity index (χ4v) is 3.91. The van der Waals surface area contributed by atoms with E-state index in [0.29, 0.717) is 17.8 Å². The summed E-state index contributed by atoms with van der Waals surface area (Å²) in [5.41, 5.74) is 1.31. The SMILES string of the molecule is Cc1nc(Nc2ccc(C(=O)NCC3(CN4CCCC4)CC3)cc2)nc(OCC(F)(F)F)n1. The normalized spacial score (nSPS) is 17.6. The quantitative estimate of drug-likeness (QED) is 0.587. The van der Waals surface area contributed by atoms with Crippen molar-refractivity contribution < 1.29 is 22.7 Å². The first-order chi connectivity index (χ1) is 15.7. The van der Waals surface area contributed by atoms with Gasteiger partial charge in [-0.05, 0) is 70.0 Å². The number of likely N-dealkylation sites (tertiary alicyclic amines) is 1. The van der Waals surface area contributed by atoms with Crippen LogP contribution in [0.3, 0.4) is 0 Å². The number of carbonyl (C=O) groups excluding carboxylic acids is 1. The van der Waals surface area contributed by atoms with Crippen LogP contribution in [-0.4, -0.2) is 64.7 Å². The number of nitrogens with one attached hydrogen (secondary N) is 2. The third-order valence-corrected chi connectivity index (χ3v) is 5.83. The standard InChI is InChI=1S/C22H27F3N6O2/c1-15-27-19(30-20(28-15)33-14-22(23,24)25)29-17-6-4-16(5-7-17)18(32)26-12-21(8-9-21)13-31-10-2-3-11-31/h4-7H,2-3,8-14H2,1H3,(H,26,32)(H,27,28,29,30). The summed E-state index contributed by atoms with van der Waals surface area (Å²) < 4.78 is 41.7. The first-order valence-electron chi connectivity index (χ1n) is 11.0. The van der Waals surface area contributed by atoms with Crippen LogP contribution in [0.25, 0.3) is 0 Å². The van der Waals surface area contributed by atoms with E-state index in [1.165, 1.54) is 19.8 Å². The molecule has 1 saturated heterocycles. The van der Waals surface area contributed by atoms with Crippen molar-refractivity contribution in [2.24, 2.45) is 5.41 Å². The molecule has 2 aromatic rings. The first kappa shape index (κ1) is 23.2. The highest BCUT2D eigenvalue weighted by Crippen LogP contribution is 2.46. The zero-order chi connectivity index (χ0) is 23.5. The molecule has 2 fully saturated rings. The van der Waals surface area contributed by atoms with Gasteiger partial charge in [-0.3, -0.25) is 4.79 Å². The van der Waals surface area contributed by atoms with Crippen LogP contribution in [0.1, 0.15) is 41.9 Å². The van der Waals surface area contributed by atoms with Gasteiger partial charge in [-0.1, -0.05) is 0 Å². The predicted molar refractivity (Wildman–Crippen MR) is 116 cm³/mol. The molecule has 0 radical (unpaired) electrons. The number of nitrogens with zero attached hydrogens (tertiary/aromatic N) is 4. The molecule has 1 amide bonds. The molecule has 0 unspecified atom stereocenters. The molecule has 0 atom stereocenters. The Morgan fingerprint density at radius 3 is 2.45 bits per heavy atom. The van der Waals surface area contributed by atoms with Crippen molar-refractivity contribution in [3.05, 3.63) is 35.7 Å². The molecule has 0 spiro atoms. The molecule has 4 rings (SSSR count). The maximum atomic E-state index is 12.6. The van der Waals surface area contributed by atoms with Gasteiger partial charge in [-0.15, -0.1) is 0 Å². The molecule has 0 bridgehead atoms. The van der Waals surface area contributed by atoms with Gasteiger partial charge in [0, 0.05) is 29.8 Å². The van der Waals surface area contributed by atoms with Gasteiger partial charge < -0.3 is 20.3 Å². The lowest BCUT2D eigenvalue weighted by atomic mass is 10.1. The zero-order valence-corrected chi connectivity index (χ0v) is 18.4. The van der Waals surface area contributed by atoms with Gasteiger partial charge in [-0.25, -0.2) is 0 Å². The summed E-state index contributed by atoms with van der Waals surface area (Å²) in [6, 6.07) is 6.30. The highest BCUT2D eigenvalue weighted by molar-refractivity contribution is 5.94. The number of rotatable bonds is 9. The number of hydrogen-bond donors (Lipinski definition) is 2. The smallest absolute Gasteiger partial charge is 0.422 e. The van der Waals surface area contributed by atoms with E-state index in [0.717, 1.165) is 32.5 Å². The summed E-state index contributed by atoms with van der Waals surface area (Å²) in [6.07, 6.45) is 0.320. The third kappa shape index (κ3) is 6.77. The lowest BCUT2D eigenvalue weighted by Gasteiger charge is -2.23. The molecule has 2 N–H and O–H groups in total. The van der Waals surface area contributed by atoms with Gasteiger partial charge in [0.05, 0.1) is 0 Å². The minimum Gasteiger partial charge on any atom is -0.454 e. The zero-order valence-electron chi connectivity index (χ0n) is 18.4. The van der Waals surface area contributed by atoms with Crippen molar-refractivity contribution in [3.8, 4) is 6.01 Å². The van der Waals surface area contributed by atoms with E-state index >= 15 is 0 Å². The Hall–Kier alpha value is -2.95. The average molecular weight is 464 g/mol. The molecule has 1 aromatic carbocycles. The molecule has 33 heavy (non-hydrogen) atoms. The van der Waals surface area contributed by atoms with Crippen LogP contribution in [0, 0.1) is 12.3 Å². The largest absolute Gasteiger partial charge is 0.454 e. The van der Waals surface area contributed by atoms with Gasteiger partial charge in [0.25, 0.3) is 5.91 Å². The molecule has 8 nitrogen and oxygen atoms in total. The van der Waals surface area contributed by atoms with Crippen LogP contribution in [0.4, 0.5) is 24.8 Å². The number of aryl methyl sites for hydroxylation is 1. The molecule has 1 aromatic heterocycles. The van der Waals surface area contributed by atoms with Crippen LogP contribution in [0.15, 0.2) is 24.3 Å². The van der Waals surface area contributed by atoms with Crippen LogP contribution >= 0.6 is 0 Å². The predicted octanol–water partition coefficient (Wildman–Crippen LogP) is 3.47. The molecule has 1 aliphatic heterocycles. The van der Waals surface area contributed by atoms with Gasteiger partial charge >= 0.3 is 12.2 Å². The molecule has 1 saturated carbocycles. The minimum atomic E-state index is -4.49. The first-order valence-corrected chi connectivity index (χ1v) is 11.0. The third-order valence-electron chi connectivity index (χ3n) is 5.83. The fourth-order valence-electron chi connectivity index (χ4n) is 3.91. The lowest BCUT2D eigenvalue weighted by molar-refractivity contribution is -0.154. The Bertz CT molecular complexity index is 973. The number of anilines is 2. The van der Waals surface area contributed by atoms with Crippen LogP contribution in [0.5, 0.6) is 6.01 Å². The molecule has 178 valence electrons. The Morgan fingerprint density at radius 1 is 1.12 bits per heavy atom. The second-order valence-electron chi connectivity index (χ2n) is 8.76. The Balaban J connectivity index is 1.31. The second-order valence-corrected chi connectivity index (χ2v) is 8.76. The Morgan fingerprint density at radius 2 is 1.82 bits per heavy atom. The fraction of sp³-hybridized carbons (Fsp3) is 0.545. The van der Waals surface area contributed by atoms with E-state index in [2.05, 4.69) is 35.2 Å². The van der Waals surface area contributed by atoms with Crippen LogP contribution in [-0.2, 0) is 0 Å². The number of benzene rings is 1. The van der Waals surface area contributed by atoms with Crippen LogP contribution < -0.4 is 15.4 Å². The molecule has 11 heteroatoms. The monoisotopic (exact) mass is 464 g/mol. The number of hydrogen-bond acceptors (Lipinski definition) is 7. The van der Waals surface area contributed by atoms with Gasteiger partial charge in [-0.2, -0.15) is 28.1 Å². The van der Waals surface area contributed by atoms with E-state index in [1.807, 2.05) is 0 Å². The van der Waals surface area contributed by atoms with E-state index in [-0.39, 0.29) is 23.1 Å². The van der Waals surface area contributed by atoms with Crippen molar-refractivity contribution in [1.29, 1.82) is 0 Å². The molecule has 2 heterocycles. The van der Waals surface area contributed by atoms with Crippen molar-refractivity contribution >= 4 is 17.5 Å². The number of alkyl halides is 3. The van der Waals surface area contributed by atoms with Crippen molar-refractivity contribution in [1.82, 2.24) is 25.2 Å². The molecule has 1 aliphatic carbocycles. The van der Waals surface area contributed by atoms with E-state index in [9.17, 15) is 18.0 Å². The summed E-state index contributed by atoms with van der Waals surface area (Å²) in [6.45, 7) is 4.07. The van der Waals surface area contributed by atoms with Crippen molar-refractivity contribution in [2.75, 3.05) is 38.1 Å². The summed E-state index contributed by atoms with van der Waals surface area (Å²) >= 11 is 0. The van der Waals surface area contributed by atoms with Gasteiger partial charge in [0.1, 0.15) is 5.82 Å². The Kier molecular flexibility index (Phi) is 6.68. The van der Waals surface area contributed by atoms with Crippen molar-refractivity contribution in [2.45, 2.75) is 38.8 Å². The topological polar surface area (TPSA) is 92.3 Å². The molecular weight excluding hydrogens is 437 g/mol. The molecular formula is C22H27F3N6O2. The highest BCUT2D eigenvalue weighted by atomic mass is 19.4. The Labute approximate surface area is 190 Å². The number of carbonyl (C=O) groups is 1. The van der Waals surface area contributed by atoms with Crippen LogP contribution in [0.2, 0.25) is 0 Å². The molecule has 2 aliphatic rings. The summed E-state index contributed by atoms with van der Waals surface area (Å²) in [5.74, 6) is 0.131. The summed E-state index contributed by atoms with van der Waals surface area (Å²) in [4.78, 5) is 26.7. The number of aromatic nitrogens is 3. The van der Waals surface area contributed by atoms with E-state index < -0.39 is 18.8 Å². The van der Waals surface area contributed by atoms with Gasteiger partial charge in [0.15, 0.2) is 6.61 Å². The highest BCUT2D eigenvalue weighted by Gasteiger charge is 2.44. The number of ether oxygens (including phenoxy) is 1. The second kappa shape index (κ2) is 9.50.